The van der Waals surface area contributed by atoms with Gasteiger partial charge in [0, 0.05) is 18.4 Å². The van der Waals surface area contributed by atoms with E-state index in [1.807, 2.05) is 36.4 Å². The predicted octanol–water partition coefficient (Wildman–Crippen LogP) is 2.29. The largest absolute Gasteiger partial charge is 0.497 e. The van der Waals surface area contributed by atoms with Gasteiger partial charge in [-0.05, 0) is 42.3 Å². The molecule has 0 fully saturated rings. The molecule has 3 nitrogen and oxygen atoms in total. The summed E-state index contributed by atoms with van der Waals surface area (Å²) in [6.07, 6.45) is 2.45. The van der Waals surface area contributed by atoms with Crippen LogP contribution in [-0.2, 0) is 6.42 Å². The quantitative estimate of drug-likeness (QED) is 0.874. The number of benzene rings is 1. The van der Waals surface area contributed by atoms with Crippen LogP contribution < -0.4 is 4.74 Å². The summed E-state index contributed by atoms with van der Waals surface area (Å²) in [4.78, 5) is 4.37. The predicted molar refractivity (Wildman–Crippen MR) is 67.0 cm³/mol. The van der Waals surface area contributed by atoms with Crippen LogP contribution in [0.3, 0.4) is 0 Å². The fourth-order valence-corrected chi connectivity index (χ4v) is 1.63. The molecule has 0 amide bonds. The van der Waals surface area contributed by atoms with E-state index in [1.54, 1.807) is 13.3 Å². The molecule has 0 radical (unpaired) electrons. The van der Waals surface area contributed by atoms with E-state index in [9.17, 15) is 0 Å². The van der Waals surface area contributed by atoms with E-state index in [0.29, 0.717) is 6.42 Å². The van der Waals surface area contributed by atoms with Crippen molar-refractivity contribution in [3.8, 4) is 17.0 Å². The fraction of sp³-hybridized carbons (Fsp3) is 0.214. The summed E-state index contributed by atoms with van der Waals surface area (Å²) < 4.78 is 5.11. The van der Waals surface area contributed by atoms with Crippen LogP contribution in [-0.4, -0.2) is 23.8 Å². The molecule has 88 valence electrons. The van der Waals surface area contributed by atoms with Gasteiger partial charge in [0.25, 0.3) is 0 Å². The van der Waals surface area contributed by atoms with Gasteiger partial charge in [0.2, 0.25) is 0 Å². The number of rotatable bonds is 4. The van der Waals surface area contributed by atoms with Gasteiger partial charge in [-0.3, -0.25) is 4.98 Å². The lowest BCUT2D eigenvalue weighted by molar-refractivity contribution is 0.299. The maximum Gasteiger partial charge on any atom is 0.118 e. The lowest BCUT2D eigenvalue weighted by atomic mass is 10.1. The number of ether oxygens (including phenoxy) is 1. The molecular formula is C14H15NO2. The van der Waals surface area contributed by atoms with Crippen molar-refractivity contribution in [2.75, 3.05) is 13.7 Å². The Morgan fingerprint density at radius 1 is 1.12 bits per heavy atom. The van der Waals surface area contributed by atoms with E-state index in [0.717, 1.165) is 22.6 Å². The van der Waals surface area contributed by atoms with Crippen molar-refractivity contribution < 1.29 is 9.84 Å². The zero-order valence-corrected chi connectivity index (χ0v) is 9.76. The minimum Gasteiger partial charge on any atom is -0.497 e. The maximum absolute atomic E-state index is 8.82. The van der Waals surface area contributed by atoms with Crippen LogP contribution in [0.4, 0.5) is 0 Å². The molecule has 0 aliphatic heterocycles. The third-order valence-corrected chi connectivity index (χ3v) is 2.61. The molecule has 1 heterocycles. The Morgan fingerprint density at radius 2 is 1.88 bits per heavy atom. The third kappa shape index (κ3) is 2.82. The van der Waals surface area contributed by atoms with E-state index in [-0.39, 0.29) is 6.61 Å². The second-order valence-corrected chi connectivity index (χ2v) is 3.75. The molecule has 2 aromatic rings. The van der Waals surface area contributed by atoms with E-state index in [2.05, 4.69) is 4.98 Å². The molecule has 1 aromatic carbocycles. The first-order valence-corrected chi connectivity index (χ1v) is 5.53. The maximum atomic E-state index is 8.82. The molecule has 0 aliphatic rings. The average molecular weight is 229 g/mol. The van der Waals surface area contributed by atoms with Crippen LogP contribution in [0.2, 0.25) is 0 Å². The highest BCUT2D eigenvalue weighted by molar-refractivity contribution is 5.60. The highest BCUT2D eigenvalue weighted by atomic mass is 16.5. The number of aliphatic hydroxyl groups is 1. The molecule has 0 saturated heterocycles. The monoisotopic (exact) mass is 229 g/mol. The number of methoxy groups -OCH3 is 1. The van der Waals surface area contributed by atoms with Crippen LogP contribution in [0.15, 0.2) is 42.6 Å². The molecule has 1 N–H and O–H groups in total. The van der Waals surface area contributed by atoms with Crippen LogP contribution in [0.5, 0.6) is 5.75 Å². The first-order chi connectivity index (χ1) is 8.33. The van der Waals surface area contributed by atoms with E-state index >= 15 is 0 Å². The zero-order chi connectivity index (χ0) is 12.1. The number of aliphatic hydroxyl groups excluding tert-OH is 1. The normalized spacial score (nSPS) is 10.2. The van der Waals surface area contributed by atoms with Crippen molar-refractivity contribution in [1.82, 2.24) is 4.98 Å². The fourth-order valence-electron chi connectivity index (χ4n) is 1.63. The van der Waals surface area contributed by atoms with Crippen molar-refractivity contribution in [1.29, 1.82) is 0 Å². The second-order valence-electron chi connectivity index (χ2n) is 3.75. The minimum atomic E-state index is 0.156. The SMILES string of the molecule is COc1ccc(-c2ccc(CCO)cn2)cc1. The Balaban J connectivity index is 2.20. The summed E-state index contributed by atoms with van der Waals surface area (Å²) >= 11 is 0. The van der Waals surface area contributed by atoms with Crippen molar-refractivity contribution in [2.24, 2.45) is 0 Å². The molecule has 0 saturated carbocycles. The van der Waals surface area contributed by atoms with Crippen molar-refractivity contribution in [3.05, 3.63) is 48.2 Å². The molecule has 0 spiro atoms. The number of nitrogens with zero attached hydrogens (tertiary/aromatic N) is 1. The summed E-state index contributed by atoms with van der Waals surface area (Å²) in [5.74, 6) is 0.839. The van der Waals surface area contributed by atoms with Crippen LogP contribution in [0, 0.1) is 0 Å². The topological polar surface area (TPSA) is 42.4 Å². The van der Waals surface area contributed by atoms with Gasteiger partial charge in [-0.2, -0.15) is 0 Å². The van der Waals surface area contributed by atoms with Gasteiger partial charge in [-0.1, -0.05) is 6.07 Å². The van der Waals surface area contributed by atoms with Crippen molar-refractivity contribution >= 4 is 0 Å². The lowest BCUT2D eigenvalue weighted by Crippen LogP contribution is -1.92. The first kappa shape index (κ1) is 11.6. The molecular weight excluding hydrogens is 214 g/mol. The summed E-state index contributed by atoms with van der Waals surface area (Å²) in [7, 11) is 1.65. The lowest BCUT2D eigenvalue weighted by Gasteiger charge is -2.04. The average Bonchev–Trinajstić information content (AvgIpc) is 2.40. The summed E-state index contributed by atoms with van der Waals surface area (Å²) in [5.41, 5.74) is 3.03. The van der Waals surface area contributed by atoms with Crippen LogP contribution >= 0.6 is 0 Å². The zero-order valence-electron chi connectivity index (χ0n) is 9.76. The first-order valence-electron chi connectivity index (χ1n) is 5.53. The molecule has 0 aliphatic carbocycles. The van der Waals surface area contributed by atoms with E-state index < -0.39 is 0 Å². The Hall–Kier alpha value is -1.87. The Labute approximate surface area is 101 Å². The van der Waals surface area contributed by atoms with Gasteiger partial charge >= 0.3 is 0 Å². The molecule has 2 rings (SSSR count). The summed E-state index contributed by atoms with van der Waals surface area (Å²) in [6.45, 7) is 0.156. The molecule has 1 aromatic heterocycles. The van der Waals surface area contributed by atoms with Gasteiger partial charge < -0.3 is 9.84 Å². The smallest absolute Gasteiger partial charge is 0.118 e. The Morgan fingerprint density at radius 3 is 2.41 bits per heavy atom. The molecule has 0 bridgehead atoms. The van der Waals surface area contributed by atoms with Crippen LogP contribution in [0.1, 0.15) is 5.56 Å². The van der Waals surface area contributed by atoms with Gasteiger partial charge in [0.05, 0.1) is 12.8 Å². The van der Waals surface area contributed by atoms with Gasteiger partial charge in [0.15, 0.2) is 0 Å². The van der Waals surface area contributed by atoms with Crippen molar-refractivity contribution in [3.63, 3.8) is 0 Å². The molecule has 0 unspecified atom stereocenters. The summed E-state index contributed by atoms with van der Waals surface area (Å²) in [6, 6.07) is 11.7. The minimum absolute atomic E-state index is 0.156. The number of hydrogen-bond donors (Lipinski definition) is 1. The van der Waals surface area contributed by atoms with Gasteiger partial charge in [0.1, 0.15) is 5.75 Å². The van der Waals surface area contributed by atoms with E-state index in [1.165, 1.54) is 0 Å². The van der Waals surface area contributed by atoms with Gasteiger partial charge in [-0.15, -0.1) is 0 Å². The second kappa shape index (κ2) is 5.46. The summed E-state index contributed by atoms with van der Waals surface area (Å²) in [5, 5.41) is 8.82. The van der Waals surface area contributed by atoms with Gasteiger partial charge in [-0.25, -0.2) is 0 Å². The number of pyridine rings is 1. The standard InChI is InChI=1S/C14H15NO2/c1-17-13-5-3-12(4-6-13)14-7-2-11(8-9-16)10-15-14/h2-7,10,16H,8-9H2,1H3. The van der Waals surface area contributed by atoms with Crippen LogP contribution in [0.25, 0.3) is 11.3 Å². The molecule has 0 atom stereocenters. The Kier molecular flexibility index (Phi) is 3.73. The number of hydrogen-bond acceptors (Lipinski definition) is 3. The highest BCUT2D eigenvalue weighted by Gasteiger charge is 2.00. The van der Waals surface area contributed by atoms with E-state index in [4.69, 9.17) is 9.84 Å². The Bertz CT molecular complexity index is 463. The van der Waals surface area contributed by atoms with Crippen molar-refractivity contribution in [2.45, 2.75) is 6.42 Å². The number of aromatic nitrogens is 1. The molecule has 3 heteroatoms. The third-order valence-electron chi connectivity index (χ3n) is 2.61. The highest BCUT2D eigenvalue weighted by Crippen LogP contribution is 2.20. The molecule has 17 heavy (non-hydrogen) atoms.